The van der Waals surface area contributed by atoms with E-state index in [9.17, 15) is 0 Å². The second-order valence-corrected chi connectivity index (χ2v) is 7.21. The fourth-order valence-electron chi connectivity index (χ4n) is 0.129. The molecule has 0 rings (SSSR count). The van der Waals surface area contributed by atoms with E-state index in [-0.39, 0.29) is 0 Å². The van der Waals surface area contributed by atoms with Crippen molar-refractivity contribution in [3.63, 3.8) is 0 Å². The van der Waals surface area contributed by atoms with E-state index in [0.717, 1.165) is 0 Å². The molecule has 0 aromatic rings. The van der Waals surface area contributed by atoms with Gasteiger partial charge in [-0.1, -0.05) is 18.9 Å². The van der Waals surface area contributed by atoms with Gasteiger partial charge in [-0.15, -0.1) is 0 Å². The standard InChI is InChI=1S/C4H12SSi/c1-3-5(6)4-2/h3,5H,1,4H2,2,6H3. The smallest absolute Gasteiger partial charge is 0.0499 e. The lowest BCUT2D eigenvalue weighted by Gasteiger charge is -2.01. The maximum Gasteiger partial charge on any atom is 0.0499 e. The minimum Gasteiger partial charge on any atom is -0.255 e. The Morgan fingerprint density at radius 3 is 2.50 bits per heavy atom. The summed E-state index contributed by atoms with van der Waals surface area (Å²) in [5.74, 6) is 1.34. The molecular formula is C4H12SSi. The average molecular weight is 120 g/mol. The third-order valence-electron chi connectivity index (χ3n) is 0.810. The first-order valence-corrected chi connectivity index (χ1v) is 6.86. The van der Waals surface area contributed by atoms with Crippen LogP contribution >= 0.6 is 10.3 Å². The Balaban J connectivity index is 2.96. The Morgan fingerprint density at radius 2 is 2.50 bits per heavy atom. The highest BCUT2D eigenvalue weighted by atomic mass is 32.4. The van der Waals surface area contributed by atoms with E-state index in [0.29, 0.717) is 10.3 Å². The highest BCUT2D eigenvalue weighted by molar-refractivity contribution is 8.37. The molecule has 0 spiro atoms. The summed E-state index contributed by atoms with van der Waals surface area (Å²) in [7, 11) is 1.66. The van der Waals surface area contributed by atoms with E-state index in [1.54, 1.807) is 0 Å². The van der Waals surface area contributed by atoms with E-state index in [2.05, 4.69) is 18.9 Å². The monoisotopic (exact) mass is 120 g/mol. The van der Waals surface area contributed by atoms with Crippen LogP contribution < -0.4 is 0 Å². The Hall–Kier alpha value is 0.307. The van der Waals surface area contributed by atoms with E-state index >= 15 is 0 Å². The SMILES string of the molecule is C=C[SH]([SiH3])CC. The van der Waals surface area contributed by atoms with Gasteiger partial charge in [0.25, 0.3) is 0 Å². The molecule has 0 saturated heterocycles. The molecule has 0 aliphatic heterocycles. The Labute approximate surface area is 45.1 Å². The molecule has 2 heteroatoms. The van der Waals surface area contributed by atoms with Gasteiger partial charge in [0.15, 0.2) is 0 Å². The summed E-state index contributed by atoms with van der Waals surface area (Å²) < 4.78 is 0. The second-order valence-electron chi connectivity index (χ2n) is 1.26. The molecule has 0 heterocycles. The number of hydrogen-bond donors (Lipinski definition) is 1. The van der Waals surface area contributed by atoms with Gasteiger partial charge in [0.2, 0.25) is 0 Å². The molecule has 6 heavy (non-hydrogen) atoms. The molecule has 0 radical (unpaired) electrons. The van der Waals surface area contributed by atoms with Crippen molar-refractivity contribution in [3.05, 3.63) is 12.0 Å². The van der Waals surface area contributed by atoms with Gasteiger partial charge in [0.1, 0.15) is 0 Å². The summed E-state index contributed by atoms with van der Waals surface area (Å²) in [5, 5.41) is 2.10. The predicted octanol–water partition coefficient (Wildman–Crippen LogP) is 0.431. The topological polar surface area (TPSA) is 0 Å². The van der Waals surface area contributed by atoms with Gasteiger partial charge in [0, 0.05) is 9.39 Å². The van der Waals surface area contributed by atoms with Crippen LogP contribution in [0.3, 0.4) is 0 Å². The zero-order valence-electron chi connectivity index (χ0n) is 4.44. The van der Waals surface area contributed by atoms with Crippen molar-refractivity contribution in [2.45, 2.75) is 6.92 Å². The van der Waals surface area contributed by atoms with Gasteiger partial charge >= 0.3 is 0 Å². The van der Waals surface area contributed by atoms with Crippen LogP contribution in [0.2, 0.25) is 0 Å². The fraction of sp³-hybridized carbons (Fsp3) is 0.500. The minimum absolute atomic E-state index is 0.327. The quantitative estimate of drug-likeness (QED) is 0.396. The molecule has 0 aromatic heterocycles. The Bertz CT molecular complexity index is 44.8. The second kappa shape index (κ2) is 3.50. The van der Waals surface area contributed by atoms with Gasteiger partial charge in [-0.3, -0.25) is 10.3 Å². The van der Waals surface area contributed by atoms with Crippen LogP contribution in [0.25, 0.3) is 0 Å². The first-order valence-electron chi connectivity index (χ1n) is 2.14. The average Bonchev–Trinajstić information content (AvgIpc) is 1.65. The van der Waals surface area contributed by atoms with Crippen molar-refractivity contribution in [2.75, 3.05) is 5.75 Å². The molecule has 0 saturated carbocycles. The lowest BCUT2D eigenvalue weighted by Crippen LogP contribution is -1.73. The molecule has 1 unspecified atom stereocenters. The fourth-order valence-corrected chi connectivity index (χ4v) is 0.387. The number of hydrogen-bond acceptors (Lipinski definition) is 0. The Kier molecular flexibility index (Phi) is 3.67. The van der Waals surface area contributed by atoms with Crippen molar-refractivity contribution in [3.8, 4) is 0 Å². The van der Waals surface area contributed by atoms with Gasteiger partial charge < -0.3 is 0 Å². The third-order valence-corrected chi connectivity index (χ3v) is 5.42. The molecule has 0 fully saturated rings. The van der Waals surface area contributed by atoms with Gasteiger partial charge in [-0.25, -0.2) is 0 Å². The highest BCUT2D eigenvalue weighted by Crippen LogP contribution is 2.15. The van der Waals surface area contributed by atoms with Gasteiger partial charge in [-0.05, 0) is 5.75 Å². The lowest BCUT2D eigenvalue weighted by atomic mass is 11.0. The zero-order valence-corrected chi connectivity index (χ0v) is 7.33. The molecule has 0 aliphatic carbocycles. The predicted molar refractivity (Wildman–Crippen MR) is 39.7 cm³/mol. The maximum absolute atomic E-state index is 3.69. The summed E-state index contributed by atoms with van der Waals surface area (Å²) in [6.07, 6.45) is 0. The molecule has 1 atom stereocenters. The highest BCUT2D eigenvalue weighted by Gasteiger charge is 1.77. The molecule has 0 aliphatic rings. The van der Waals surface area contributed by atoms with Crippen molar-refractivity contribution in [1.82, 2.24) is 0 Å². The summed E-state index contributed by atoms with van der Waals surface area (Å²) in [5.41, 5.74) is 0. The summed E-state index contributed by atoms with van der Waals surface area (Å²) in [6.45, 7) is 5.92. The molecule has 38 valence electrons. The van der Waals surface area contributed by atoms with Crippen LogP contribution in [-0.2, 0) is 0 Å². The largest absolute Gasteiger partial charge is 0.255 e. The maximum atomic E-state index is 3.69. The summed E-state index contributed by atoms with van der Waals surface area (Å²) in [6, 6.07) is 0. The van der Waals surface area contributed by atoms with Crippen LogP contribution in [-0.4, -0.2) is 15.1 Å². The van der Waals surface area contributed by atoms with E-state index in [1.807, 2.05) is 0 Å². The summed E-state index contributed by atoms with van der Waals surface area (Å²) in [4.78, 5) is 0. The van der Waals surface area contributed by atoms with E-state index in [1.165, 1.54) is 15.1 Å². The summed E-state index contributed by atoms with van der Waals surface area (Å²) >= 11 is 0. The minimum atomic E-state index is 0.327. The van der Waals surface area contributed by atoms with Crippen LogP contribution in [0, 0.1) is 0 Å². The van der Waals surface area contributed by atoms with Crippen LogP contribution in [0.1, 0.15) is 6.92 Å². The van der Waals surface area contributed by atoms with Crippen LogP contribution in [0.5, 0.6) is 0 Å². The van der Waals surface area contributed by atoms with E-state index in [4.69, 9.17) is 0 Å². The van der Waals surface area contributed by atoms with Crippen molar-refractivity contribution < 1.29 is 0 Å². The lowest BCUT2D eigenvalue weighted by molar-refractivity contribution is 1.53. The van der Waals surface area contributed by atoms with Crippen LogP contribution in [0.15, 0.2) is 12.0 Å². The first kappa shape index (κ1) is 6.31. The van der Waals surface area contributed by atoms with Crippen LogP contribution in [0.4, 0.5) is 0 Å². The molecular weight excluding hydrogens is 108 g/mol. The van der Waals surface area contributed by atoms with Gasteiger partial charge in [0.05, 0.1) is 0 Å². The van der Waals surface area contributed by atoms with Gasteiger partial charge in [-0.2, -0.15) is 0 Å². The molecule has 0 nitrogen and oxygen atoms in total. The molecule has 0 bridgehead atoms. The third kappa shape index (κ3) is 2.54. The molecule has 0 N–H and O–H groups in total. The zero-order chi connectivity index (χ0) is 4.99. The molecule has 0 aromatic carbocycles. The van der Waals surface area contributed by atoms with E-state index < -0.39 is 0 Å². The number of thiol groups is 1. The normalized spacial score (nSPS) is 17.2. The van der Waals surface area contributed by atoms with Crippen molar-refractivity contribution in [2.24, 2.45) is 0 Å². The number of rotatable bonds is 2. The van der Waals surface area contributed by atoms with Crippen molar-refractivity contribution in [1.29, 1.82) is 0 Å². The molecule has 0 amide bonds. The Morgan fingerprint density at radius 1 is 2.00 bits per heavy atom. The first-order chi connectivity index (χ1) is 2.81. The van der Waals surface area contributed by atoms with Crippen molar-refractivity contribution >= 4 is 19.7 Å².